The van der Waals surface area contributed by atoms with Crippen LogP contribution >= 0.6 is 0 Å². The van der Waals surface area contributed by atoms with Crippen molar-refractivity contribution in [3.63, 3.8) is 0 Å². The number of aliphatic hydroxyl groups is 4. The van der Waals surface area contributed by atoms with Crippen molar-refractivity contribution in [1.29, 1.82) is 0 Å². The number of hydrogen-bond donors (Lipinski definition) is 6. The lowest BCUT2D eigenvalue weighted by molar-refractivity contribution is -0.0149. The number of pyridine rings is 4. The first-order valence-electron chi connectivity index (χ1n) is 36.0. The van der Waals surface area contributed by atoms with Gasteiger partial charge in [-0.15, -0.1) is 0 Å². The highest BCUT2D eigenvalue weighted by atomic mass is 16.6. The molecule has 0 aliphatic carbocycles. The zero-order valence-electron chi connectivity index (χ0n) is 60.2. The topological polar surface area (TPSA) is 253 Å². The largest absolute Gasteiger partial charge is 0.490 e. The van der Waals surface area contributed by atoms with Gasteiger partial charge in [-0.2, -0.15) is 0 Å². The summed E-state index contributed by atoms with van der Waals surface area (Å²) in [6, 6.07) is 42.3. The van der Waals surface area contributed by atoms with Crippen LogP contribution in [0.5, 0.6) is 23.0 Å². The number of nitrogens with one attached hydrogen (secondary N) is 2. The lowest BCUT2D eigenvalue weighted by Gasteiger charge is -2.41. The zero-order chi connectivity index (χ0) is 72.1. The molecule has 8 heterocycles. The molecule has 592 valence electrons. The number of amides is 2. The summed E-state index contributed by atoms with van der Waals surface area (Å²) in [7, 11) is 0. The highest BCUT2D eigenvalue weighted by Gasteiger charge is 2.37. The van der Waals surface area contributed by atoms with E-state index in [1.54, 1.807) is 34.6 Å². The average Bonchev–Trinajstić information content (AvgIpc) is 0.822. The Hall–Kier alpha value is -9.02. The Morgan fingerprint density at radius 2 is 0.676 bits per heavy atom. The predicted molar refractivity (Wildman–Crippen MR) is 438 cm³/mol. The van der Waals surface area contributed by atoms with E-state index in [2.05, 4.69) is 109 Å². The van der Waals surface area contributed by atoms with E-state index in [1.807, 2.05) is 109 Å². The van der Waals surface area contributed by atoms with E-state index >= 15 is 0 Å². The summed E-state index contributed by atoms with van der Waals surface area (Å²) in [6.07, 6.45) is 24.5. The fraction of sp³-hybridized carbons (Fsp3) is 0.477. The number of aryl methyl sites for hydroxylation is 4. The second-order valence-corrected chi connectivity index (χ2v) is 28.1. The number of benzene rings is 4. The first kappa shape index (κ1) is 93.2. The molecule has 0 radical (unpaired) electrons. The summed E-state index contributed by atoms with van der Waals surface area (Å²) >= 11 is 0. The molecule has 20 nitrogen and oxygen atoms in total. The number of carbonyl (C=O) groups is 2. The van der Waals surface area contributed by atoms with Gasteiger partial charge in [0, 0.05) is 98.6 Å². The normalized spacial score (nSPS) is 15.7. The number of carbonyl (C=O) groups excluding carboxylic acids is 2. The van der Waals surface area contributed by atoms with E-state index in [-0.39, 0.29) is 95.3 Å². The maximum absolute atomic E-state index is 12.2. The summed E-state index contributed by atoms with van der Waals surface area (Å²) in [5, 5.41) is 42.4. The Labute approximate surface area is 646 Å². The lowest BCUT2D eigenvalue weighted by Crippen LogP contribution is -2.55. The zero-order valence-corrected chi connectivity index (χ0v) is 60.2. The molecular formula is C88H128N8O12. The SMILES string of the molecule is C.C.C.C.C.C.CC(C)(C)OC(=O)N1CC[C@H]1COc1cncc(-c2ccc(CCCO)cc2)c1.CC(C)(C)OC(=O)N1CC[C@H]1COc1cncc(-c2cccc(CCCO)c2)c1.OCCCc1ccc(-c2cncc(OC[C@@H]3CCN3)c2)cc1.OCCCc1cccc(-c2cncc(OC[C@@H]3CCN3)c2)c1. The van der Waals surface area contributed by atoms with Crippen molar-refractivity contribution in [3.8, 4) is 67.5 Å². The van der Waals surface area contributed by atoms with Crippen LogP contribution in [0.25, 0.3) is 44.5 Å². The molecule has 6 N–H and O–H groups in total. The Morgan fingerprint density at radius 1 is 0.380 bits per heavy atom. The molecule has 0 bridgehead atoms. The van der Waals surface area contributed by atoms with Gasteiger partial charge in [0.2, 0.25) is 0 Å². The minimum atomic E-state index is -0.498. The molecule has 4 atom stereocenters. The molecule has 12 rings (SSSR count). The molecule has 108 heavy (non-hydrogen) atoms. The third-order valence-electron chi connectivity index (χ3n) is 17.6. The first-order chi connectivity index (χ1) is 49.4. The number of nitrogens with zero attached hydrogens (tertiary/aromatic N) is 6. The van der Waals surface area contributed by atoms with Crippen molar-refractivity contribution in [2.45, 2.75) is 199 Å². The maximum atomic E-state index is 12.2. The second kappa shape index (κ2) is 47.7. The smallest absolute Gasteiger partial charge is 0.410 e. The molecule has 0 saturated carbocycles. The molecule has 20 heteroatoms. The average molecular weight is 1490 g/mol. The number of likely N-dealkylation sites (tertiary alicyclic amines) is 2. The Balaban J connectivity index is 0.000000369. The van der Waals surface area contributed by atoms with Gasteiger partial charge < -0.3 is 69.3 Å². The Bertz CT molecular complexity index is 3840. The third kappa shape index (κ3) is 30.6. The Kier molecular flexibility index (Phi) is 41.2. The van der Waals surface area contributed by atoms with Crippen molar-refractivity contribution in [1.82, 2.24) is 40.4 Å². The van der Waals surface area contributed by atoms with Gasteiger partial charge in [-0.1, -0.05) is 142 Å². The predicted octanol–water partition coefficient (Wildman–Crippen LogP) is 16.8. The van der Waals surface area contributed by atoms with Gasteiger partial charge in [0.15, 0.2) is 0 Å². The molecule has 4 fully saturated rings. The van der Waals surface area contributed by atoms with Crippen molar-refractivity contribution in [2.75, 3.05) is 79.0 Å². The molecule has 2 amide bonds. The van der Waals surface area contributed by atoms with Gasteiger partial charge in [-0.25, -0.2) is 9.59 Å². The van der Waals surface area contributed by atoms with Crippen molar-refractivity contribution >= 4 is 12.2 Å². The second-order valence-electron chi connectivity index (χ2n) is 28.1. The van der Waals surface area contributed by atoms with Crippen LogP contribution < -0.4 is 29.6 Å². The minimum absolute atomic E-state index is 0. The van der Waals surface area contributed by atoms with E-state index in [4.69, 9.17) is 48.8 Å². The summed E-state index contributed by atoms with van der Waals surface area (Å²) in [5.74, 6) is 2.99. The van der Waals surface area contributed by atoms with Crippen LogP contribution in [0.2, 0.25) is 0 Å². The van der Waals surface area contributed by atoms with Crippen LogP contribution in [0.4, 0.5) is 9.59 Å². The molecule has 4 aliphatic heterocycles. The quantitative estimate of drug-likeness (QED) is 0.0267. The van der Waals surface area contributed by atoms with E-state index in [0.717, 1.165) is 133 Å². The molecule has 8 aromatic rings. The summed E-state index contributed by atoms with van der Waals surface area (Å²) in [4.78, 5) is 45.0. The number of aliphatic hydroxyl groups excluding tert-OH is 4. The van der Waals surface area contributed by atoms with Gasteiger partial charge >= 0.3 is 12.2 Å². The van der Waals surface area contributed by atoms with E-state index < -0.39 is 11.2 Å². The molecule has 4 aliphatic rings. The van der Waals surface area contributed by atoms with E-state index in [9.17, 15) is 9.59 Å². The first-order valence-corrected chi connectivity index (χ1v) is 36.0. The number of rotatable bonds is 28. The number of aromatic nitrogens is 4. The van der Waals surface area contributed by atoms with E-state index in [0.29, 0.717) is 63.1 Å². The molecular weight excluding hydrogens is 1360 g/mol. The summed E-state index contributed by atoms with van der Waals surface area (Å²) in [5.41, 5.74) is 12.4. The van der Waals surface area contributed by atoms with Gasteiger partial charge in [-0.05, 0) is 200 Å². The minimum Gasteiger partial charge on any atom is -0.490 e. The Morgan fingerprint density at radius 3 is 0.944 bits per heavy atom. The van der Waals surface area contributed by atoms with Crippen LogP contribution in [0.15, 0.2) is 171 Å². The van der Waals surface area contributed by atoms with E-state index in [1.165, 1.54) is 35.1 Å². The van der Waals surface area contributed by atoms with Crippen LogP contribution in [-0.2, 0) is 35.2 Å². The highest BCUT2D eigenvalue weighted by molar-refractivity contribution is 5.71. The standard InChI is InChI=1S/2C23H30N2O4.2C18H22N2O2.6CH4/c1-23(2,3)29-22(27)25-10-9-20(25)16-28-21-13-19(14-24-15-21)18-8-4-6-17(12-18)7-5-11-26;1-23(2,3)29-22(27)25-11-10-20(25)16-28-21-13-19(14-24-15-21)18-8-6-17(7-9-18)5-4-12-26;21-8-2-4-14-3-1-5-15(9-14)16-10-18(12-19-11-16)22-13-17-6-7-20-17;21-9-1-2-14-3-5-15(6-4-14)16-10-18(12-19-11-16)22-13-17-7-8-20-17;;;;;;/h4,6,8,12-15,20,26H,5,7,9-11,16H2,1-3H3;6-9,13-15,20,26H,4-5,10-12,16H2,1-3H3;1,3,5,9-12,17,20-21H,2,4,6-8,13H2;3-6,10-12,17,20-21H,1-2,7-9,13H2;6*1H4/t2*20-;2*17-;;;;;;/m0000....../s1. The highest BCUT2D eigenvalue weighted by Crippen LogP contribution is 2.31. The number of ether oxygens (including phenoxy) is 6. The number of hydrogen-bond acceptors (Lipinski definition) is 18. The fourth-order valence-corrected chi connectivity index (χ4v) is 11.4. The molecule has 0 unspecified atom stereocenters. The molecule has 4 aromatic carbocycles. The lowest BCUT2D eigenvalue weighted by atomic mass is 10.0. The van der Waals surface area contributed by atoms with Crippen molar-refractivity contribution in [2.24, 2.45) is 0 Å². The fourth-order valence-electron chi connectivity index (χ4n) is 11.4. The van der Waals surface area contributed by atoms with Gasteiger partial charge in [0.1, 0.15) is 60.6 Å². The van der Waals surface area contributed by atoms with Gasteiger partial charge in [-0.3, -0.25) is 19.9 Å². The van der Waals surface area contributed by atoms with Gasteiger partial charge in [0.25, 0.3) is 0 Å². The van der Waals surface area contributed by atoms with Crippen LogP contribution in [0, 0.1) is 0 Å². The monoisotopic (exact) mass is 1490 g/mol. The maximum Gasteiger partial charge on any atom is 0.410 e. The van der Waals surface area contributed by atoms with Crippen molar-refractivity contribution < 1.29 is 58.4 Å². The molecule has 4 saturated heterocycles. The van der Waals surface area contributed by atoms with Crippen molar-refractivity contribution in [3.05, 3.63) is 193 Å². The van der Waals surface area contributed by atoms with Crippen LogP contribution in [-0.4, -0.2) is 177 Å². The third-order valence-corrected chi connectivity index (χ3v) is 17.6. The summed E-state index contributed by atoms with van der Waals surface area (Å²) in [6.45, 7) is 17.9. The molecule has 4 aromatic heterocycles. The summed E-state index contributed by atoms with van der Waals surface area (Å²) < 4.78 is 34.3. The van der Waals surface area contributed by atoms with Gasteiger partial charge in [0.05, 0.1) is 36.9 Å². The van der Waals surface area contributed by atoms with Crippen LogP contribution in [0.3, 0.4) is 0 Å². The van der Waals surface area contributed by atoms with Crippen LogP contribution in [0.1, 0.15) is 160 Å². The molecule has 0 spiro atoms.